The van der Waals surface area contributed by atoms with Gasteiger partial charge < -0.3 is 24.8 Å². The number of rotatable bonds is 13. The van der Waals surface area contributed by atoms with Crippen LogP contribution in [0.3, 0.4) is 0 Å². The van der Waals surface area contributed by atoms with E-state index in [1.807, 2.05) is 0 Å². The summed E-state index contributed by atoms with van der Waals surface area (Å²) in [6.07, 6.45) is 4.90. The Morgan fingerprint density at radius 2 is 2.04 bits per heavy atom. The summed E-state index contributed by atoms with van der Waals surface area (Å²) in [5, 5.41) is 6.75. The predicted molar refractivity (Wildman–Crippen MR) is 116 cm³/mol. The summed E-state index contributed by atoms with van der Waals surface area (Å²) >= 11 is 0. The number of nitrogens with one attached hydrogen (secondary N) is 2. The highest BCUT2D eigenvalue weighted by Crippen LogP contribution is 2.25. The van der Waals surface area contributed by atoms with Crippen LogP contribution in [-0.2, 0) is 14.2 Å². The molecular weight excluding hydrogens is 447 g/mol. The topological polar surface area (TPSA) is 67.4 Å². The van der Waals surface area contributed by atoms with Crippen LogP contribution in [0.15, 0.2) is 4.99 Å². The van der Waals surface area contributed by atoms with Crippen LogP contribution in [0, 0.1) is 0 Å². The van der Waals surface area contributed by atoms with Crippen molar-refractivity contribution in [3.05, 3.63) is 0 Å². The Labute approximate surface area is 175 Å². The first-order chi connectivity index (χ1) is 12.3. The number of aliphatic imine (C=N–C) groups is 1. The van der Waals surface area contributed by atoms with Crippen molar-refractivity contribution in [3.63, 3.8) is 0 Å². The second kappa shape index (κ2) is 14.8. The highest BCUT2D eigenvalue weighted by atomic mass is 127. The molecule has 1 saturated carbocycles. The van der Waals surface area contributed by atoms with E-state index >= 15 is 0 Å². The third kappa shape index (κ3) is 10.2. The summed E-state index contributed by atoms with van der Waals surface area (Å²) in [5.41, 5.74) is 0. The van der Waals surface area contributed by atoms with Gasteiger partial charge in [0.25, 0.3) is 0 Å². The Morgan fingerprint density at radius 1 is 1.19 bits per heavy atom. The van der Waals surface area contributed by atoms with Gasteiger partial charge in [-0.2, -0.15) is 0 Å². The first kappa shape index (κ1) is 23.9. The van der Waals surface area contributed by atoms with Crippen LogP contribution >= 0.6 is 24.0 Å². The van der Waals surface area contributed by atoms with Crippen molar-refractivity contribution in [2.45, 2.75) is 44.8 Å². The molecule has 2 aliphatic rings. The minimum Gasteiger partial charge on any atom is -0.383 e. The normalized spacial score (nSPS) is 20.3. The zero-order chi connectivity index (χ0) is 17.7. The van der Waals surface area contributed by atoms with Crippen molar-refractivity contribution >= 4 is 29.9 Å². The van der Waals surface area contributed by atoms with Crippen LogP contribution in [0.2, 0.25) is 0 Å². The number of methoxy groups -OCH3 is 1. The van der Waals surface area contributed by atoms with Crippen LogP contribution in [0.25, 0.3) is 0 Å². The number of hydrogen-bond donors (Lipinski definition) is 2. The fourth-order valence-electron chi connectivity index (χ4n) is 2.93. The van der Waals surface area contributed by atoms with Crippen molar-refractivity contribution in [2.75, 3.05) is 66.3 Å². The quantitative estimate of drug-likeness (QED) is 0.179. The molecule has 1 unspecified atom stereocenters. The van der Waals surface area contributed by atoms with E-state index in [-0.39, 0.29) is 30.1 Å². The maximum absolute atomic E-state index is 5.77. The molecule has 1 atom stereocenters. The highest BCUT2D eigenvalue weighted by molar-refractivity contribution is 14.0. The average molecular weight is 484 g/mol. The van der Waals surface area contributed by atoms with E-state index in [9.17, 15) is 0 Å². The van der Waals surface area contributed by atoms with E-state index in [4.69, 9.17) is 14.2 Å². The van der Waals surface area contributed by atoms with Gasteiger partial charge in [0.15, 0.2) is 5.96 Å². The Bertz CT molecular complexity index is 377. The molecule has 1 heterocycles. The molecule has 2 rings (SSSR count). The zero-order valence-corrected chi connectivity index (χ0v) is 18.7. The standard InChI is InChI=1S/C18H36N4O3.HI/c1-3-19-18(20-8-4-12-25-17-7-13-24-15-17)21-9-10-22(11-14-23-2)16-5-6-16;/h16-17H,3-15H2,1-2H3,(H2,19,20,21);1H. The third-order valence-electron chi connectivity index (χ3n) is 4.50. The molecule has 0 aromatic carbocycles. The lowest BCUT2D eigenvalue weighted by molar-refractivity contribution is 0.0424. The minimum atomic E-state index is 0. The molecule has 2 N–H and O–H groups in total. The average Bonchev–Trinajstić information content (AvgIpc) is 3.33. The summed E-state index contributed by atoms with van der Waals surface area (Å²) in [4.78, 5) is 7.15. The lowest BCUT2D eigenvalue weighted by Gasteiger charge is -2.22. The molecule has 1 aliphatic carbocycles. The van der Waals surface area contributed by atoms with E-state index in [1.165, 1.54) is 12.8 Å². The van der Waals surface area contributed by atoms with Gasteiger partial charge in [-0.25, -0.2) is 0 Å². The second-order valence-corrected chi connectivity index (χ2v) is 6.66. The van der Waals surface area contributed by atoms with Gasteiger partial charge in [-0.15, -0.1) is 24.0 Å². The number of guanidine groups is 1. The van der Waals surface area contributed by atoms with Gasteiger partial charge in [-0.05, 0) is 32.6 Å². The molecule has 7 nitrogen and oxygen atoms in total. The lowest BCUT2D eigenvalue weighted by atomic mass is 10.3. The fourth-order valence-corrected chi connectivity index (χ4v) is 2.93. The smallest absolute Gasteiger partial charge is 0.191 e. The Kier molecular flexibility index (Phi) is 13.6. The van der Waals surface area contributed by atoms with E-state index in [2.05, 4.69) is 27.4 Å². The van der Waals surface area contributed by atoms with Crippen molar-refractivity contribution in [1.82, 2.24) is 15.5 Å². The molecule has 0 radical (unpaired) electrons. The molecule has 0 aromatic rings. The number of hydrogen-bond acceptors (Lipinski definition) is 5. The van der Waals surface area contributed by atoms with Gasteiger partial charge in [0, 0.05) is 59.1 Å². The highest BCUT2D eigenvalue weighted by Gasteiger charge is 2.28. The van der Waals surface area contributed by atoms with Gasteiger partial charge in [-0.3, -0.25) is 9.89 Å². The zero-order valence-electron chi connectivity index (χ0n) is 16.4. The maximum atomic E-state index is 5.77. The van der Waals surface area contributed by atoms with Gasteiger partial charge >= 0.3 is 0 Å². The van der Waals surface area contributed by atoms with Crippen molar-refractivity contribution in [2.24, 2.45) is 4.99 Å². The minimum absolute atomic E-state index is 0. The first-order valence-corrected chi connectivity index (χ1v) is 9.78. The second-order valence-electron chi connectivity index (χ2n) is 6.66. The predicted octanol–water partition coefficient (Wildman–Crippen LogP) is 1.47. The monoisotopic (exact) mass is 484 g/mol. The number of nitrogens with zero attached hydrogens (tertiary/aromatic N) is 2. The molecule has 0 aromatic heterocycles. The van der Waals surface area contributed by atoms with Gasteiger partial charge in [0.1, 0.15) is 0 Å². The third-order valence-corrected chi connectivity index (χ3v) is 4.50. The summed E-state index contributed by atoms with van der Waals surface area (Å²) in [6.45, 7) is 9.82. The maximum Gasteiger partial charge on any atom is 0.191 e. The number of ether oxygens (including phenoxy) is 3. The van der Waals surface area contributed by atoms with Crippen LogP contribution in [0.4, 0.5) is 0 Å². The summed E-state index contributed by atoms with van der Waals surface area (Å²) in [7, 11) is 1.77. The van der Waals surface area contributed by atoms with E-state index in [0.29, 0.717) is 0 Å². The van der Waals surface area contributed by atoms with Crippen LogP contribution in [-0.4, -0.2) is 89.3 Å². The van der Waals surface area contributed by atoms with Gasteiger partial charge in [-0.1, -0.05) is 0 Å². The van der Waals surface area contributed by atoms with E-state index in [1.54, 1.807) is 7.11 Å². The molecule has 1 aliphatic heterocycles. The van der Waals surface area contributed by atoms with Crippen molar-refractivity contribution in [3.8, 4) is 0 Å². The molecule has 0 amide bonds. The summed E-state index contributed by atoms with van der Waals surface area (Å²) < 4.78 is 16.3. The molecule has 8 heteroatoms. The lowest BCUT2D eigenvalue weighted by Crippen LogP contribution is -2.42. The SMILES string of the molecule is CCNC(=NCCCOC1CCOC1)NCCN(CCOC)C1CC1.I. The van der Waals surface area contributed by atoms with E-state index in [0.717, 1.165) is 84.0 Å². The van der Waals surface area contributed by atoms with Crippen LogP contribution in [0.5, 0.6) is 0 Å². The van der Waals surface area contributed by atoms with Crippen molar-refractivity contribution in [1.29, 1.82) is 0 Å². The fraction of sp³-hybridized carbons (Fsp3) is 0.944. The molecule has 1 saturated heterocycles. The molecule has 154 valence electrons. The van der Waals surface area contributed by atoms with E-state index < -0.39 is 0 Å². The molecule has 0 bridgehead atoms. The first-order valence-electron chi connectivity index (χ1n) is 9.78. The molecular formula is C18H37IN4O3. The summed E-state index contributed by atoms with van der Waals surface area (Å²) in [6, 6.07) is 0.758. The molecule has 2 fully saturated rings. The van der Waals surface area contributed by atoms with Crippen LogP contribution in [0.1, 0.15) is 32.6 Å². The largest absolute Gasteiger partial charge is 0.383 e. The Hall–Kier alpha value is -0.160. The molecule has 0 spiro atoms. The van der Waals surface area contributed by atoms with Gasteiger partial charge in [0.05, 0.1) is 19.3 Å². The number of halogens is 1. The Morgan fingerprint density at radius 3 is 2.69 bits per heavy atom. The Balaban J connectivity index is 0.00000338. The van der Waals surface area contributed by atoms with Gasteiger partial charge in [0.2, 0.25) is 0 Å². The summed E-state index contributed by atoms with van der Waals surface area (Å²) in [5.74, 6) is 0.897. The van der Waals surface area contributed by atoms with Crippen LogP contribution < -0.4 is 10.6 Å². The van der Waals surface area contributed by atoms with Crippen molar-refractivity contribution < 1.29 is 14.2 Å². The molecule has 26 heavy (non-hydrogen) atoms.